The van der Waals surface area contributed by atoms with Crippen LogP contribution in [0.25, 0.3) is 22.3 Å². The third-order valence-corrected chi connectivity index (χ3v) is 5.21. The van der Waals surface area contributed by atoms with Gasteiger partial charge in [0.2, 0.25) is 0 Å². The molecule has 0 spiro atoms. The first-order chi connectivity index (χ1) is 13.5. The number of benzene rings is 2. The summed E-state index contributed by atoms with van der Waals surface area (Å²) in [6.45, 7) is 0. The van der Waals surface area contributed by atoms with E-state index in [4.69, 9.17) is 5.73 Å². The lowest BCUT2D eigenvalue weighted by atomic mass is 10.1. The number of rotatable bonds is 2. The van der Waals surface area contributed by atoms with E-state index in [0.29, 0.717) is 35.1 Å². The molecule has 3 N–H and O–H groups in total. The number of hydrogen-bond acceptors (Lipinski definition) is 5. The van der Waals surface area contributed by atoms with Gasteiger partial charge in [-0.15, -0.1) is 12.4 Å². The van der Waals surface area contributed by atoms with Gasteiger partial charge in [-0.1, -0.05) is 12.1 Å². The molecule has 0 fully saturated rings. The highest BCUT2D eigenvalue weighted by molar-refractivity contribution is 5.91. The predicted octanol–water partition coefficient (Wildman–Crippen LogP) is 3.82. The zero-order chi connectivity index (χ0) is 19.4. The van der Waals surface area contributed by atoms with Crippen molar-refractivity contribution < 1.29 is 13.9 Å². The van der Waals surface area contributed by atoms with E-state index in [1.165, 1.54) is 12.4 Å². The molecule has 0 aliphatic heterocycles. The average Bonchev–Trinajstić information content (AvgIpc) is 3.28. The van der Waals surface area contributed by atoms with Crippen LogP contribution >= 0.6 is 12.4 Å². The molecule has 4 aromatic rings. The molecule has 6 nitrogen and oxygen atoms in total. The first-order valence-electron chi connectivity index (χ1n) is 8.75. The highest BCUT2D eigenvalue weighted by atomic mass is 35.5. The molecule has 29 heavy (non-hydrogen) atoms. The average molecular weight is 416 g/mol. The van der Waals surface area contributed by atoms with Gasteiger partial charge in [-0.3, -0.25) is 4.68 Å². The van der Waals surface area contributed by atoms with E-state index in [9.17, 15) is 13.9 Å². The maximum Gasteiger partial charge on any atom is 0.200 e. The van der Waals surface area contributed by atoms with Crippen molar-refractivity contribution in [3.63, 3.8) is 0 Å². The van der Waals surface area contributed by atoms with Crippen molar-refractivity contribution in [1.29, 1.82) is 0 Å². The second-order valence-corrected chi connectivity index (χ2v) is 6.89. The van der Waals surface area contributed by atoms with Crippen molar-refractivity contribution in [3.8, 4) is 17.0 Å². The summed E-state index contributed by atoms with van der Waals surface area (Å²) in [5.74, 6) is -3.17. The molecule has 0 saturated carbocycles. The summed E-state index contributed by atoms with van der Waals surface area (Å²) in [4.78, 5) is 8.23. The summed E-state index contributed by atoms with van der Waals surface area (Å²) in [5.41, 5.74) is 10.3. The van der Waals surface area contributed by atoms with Crippen LogP contribution in [0.2, 0.25) is 0 Å². The fourth-order valence-electron chi connectivity index (χ4n) is 3.94. The van der Waals surface area contributed by atoms with Crippen LogP contribution in [0.15, 0.2) is 42.9 Å². The van der Waals surface area contributed by atoms with Crippen LogP contribution in [0.4, 0.5) is 14.5 Å². The normalized spacial score (nSPS) is 15.3. The number of fused-ring (bicyclic) bond motifs is 2. The third-order valence-electron chi connectivity index (χ3n) is 5.21. The Labute approximate surface area is 170 Å². The Hall–Kier alpha value is -3.26. The maximum atomic E-state index is 14.0. The van der Waals surface area contributed by atoms with Gasteiger partial charge >= 0.3 is 0 Å². The predicted molar refractivity (Wildman–Crippen MR) is 107 cm³/mol. The lowest BCUT2D eigenvalue weighted by Crippen LogP contribution is -2.12. The Morgan fingerprint density at radius 3 is 2.76 bits per heavy atom. The van der Waals surface area contributed by atoms with Crippen molar-refractivity contribution in [1.82, 2.24) is 19.7 Å². The molecular weight excluding hydrogens is 400 g/mol. The van der Waals surface area contributed by atoms with Crippen LogP contribution in [-0.4, -0.2) is 24.9 Å². The Morgan fingerprint density at radius 2 is 2.00 bits per heavy atom. The molecule has 1 aliphatic carbocycles. The first-order valence-corrected chi connectivity index (χ1v) is 8.75. The Kier molecular flexibility index (Phi) is 4.58. The largest absolute Gasteiger partial charge is 0.505 e. The minimum absolute atomic E-state index is 0. The Balaban J connectivity index is 0.00000205. The number of nitrogens with two attached hydrogens (primary N) is 1. The summed E-state index contributed by atoms with van der Waals surface area (Å²) < 4.78 is 29.4. The Morgan fingerprint density at radius 1 is 1.17 bits per heavy atom. The fraction of sp³-hybridized carbons (Fsp3) is 0.150. The van der Waals surface area contributed by atoms with E-state index in [-0.39, 0.29) is 18.4 Å². The zero-order valence-corrected chi connectivity index (χ0v) is 15.8. The summed E-state index contributed by atoms with van der Waals surface area (Å²) >= 11 is 0. The molecule has 0 radical (unpaired) electrons. The number of aromatic hydroxyl groups is 1. The van der Waals surface area contributed by atoms with Crippen molar-refractivity contribution >= 4 is 29.1 Å². The number of anilines is 1. The molecule has 2 heterocycles. The van der Waals surface area contributed by atoms with Gasteiger partial charge in [-0.2, -0.15) is 9.49 Å². The van der Waals surface area contributed by atoms with Crippen LogP contribution in [0.3, 0.4) is 0 Å². The molecular formula is C20H16ClF2N5O. The van der Waals surface area contributed by atoms with Crippen molar-refractivity contribution in [2.45, 2.75) is 18.9 Å². The van der Waals surface area contributed by atoms with Crippen molar-refractivity contribution in [2.75, 3.05) is 5.73 Å². The second kappa shape index (κ2) is 6.97. The molecule has 2 aromatic heterocycles. The maximum absolute atomic E-state index is 14.0. The van der Waals surface area contributed by atoms with Gasteiger partial charge in [0.25, 0.3) is 0 Å². The summed E-state index contributed by atoms with van der Waals surface area (Å²) in [6, 6.07) is 7.97. The molecule has 5 rings (SSSR count). The van der Waals surface area contributed by atoms with Crippen LogP contribution < -0.4 is 5.73 Å². The standard InChI is InChI=1S/C20H15F2N5O.ClH/c21-15-5-11(6-17(28)18(15)22)19-14-8-24-9-25-20(14)26-27(19)12-4-10-2-1-3-16(23)13(10)7-12;/h1-3,5-6,8-9,12,28H,4,7,23H2;1H. The Bertz CT molecular complexity index is 1220. The molecule has 0 saturated heterocycles. The lowest BCUT2D eigenvalue weighted by Gasteiger charge is -2.15. The SMILES string of the molecule is Cl.Nc1cccc2c1CC(n1nc3ncncc3c1-c1cc(O)c(F)c(F)c1)C2. The van der Waals surface area contributed by atoms with Gasteiger partial charge in [0, 0.05) is 17.4 Å². The van der Waals surface area contributed by atoms with Crippen molar-refractivity contribution in [3.05, 3.63) is 65.6 Å². The fourth-order valence-corrected chi connectivity index (χ4v) is 3.94. The van der Waals surface area contributed by atoms with Crippen LogP contribution in [0.1, 0.15) is 17.2 Å². The summed E-state index contributed by atoms with van der Waals surface area (Å²) in [6.07, 6.45) is 4.32. The topological polar surface area (TPSA) is 89.9 Å². The molecule has 1 unspecified atom stereocenters. The van der Waals surface area contributed by atoms with E-state index in [1.54, 1.807) is 10.9 Å². The van der Waals surface area contributed by atoms with Crippen LogP contribution in [-0.2, 0) is 12.8 Å². The van der Waals surface area contributed by atoms with Crippen molar-refractivity contribution in [2.24, 2.45) is 0 Å². The van der Waals surface area contributed by atoms with Gasteiger partial charge in [0.1, 0.15) is 6.33 Å². The molecule has 9 heteroatoms. The van der Waals surface area contributed by atoms with E-state index in [1.807, 2.05) is 18.2 Å². The van der Waals surface area contributed by atoms with Gasteiger partial charge in [-0.25, -0.2) is 14.4 Å². The highest BCUT2D eigenvalue weighted by Gasteiger charge is 2.29. The summed E-state index contributed by atoms with van der Waals surface area (Å²) in [5, 5.41) is 15.0. The van der Waals surface area contributed by atoms with Gasteiger partial charge in [-0.05, 0) is 42.2 Å². The smallest absolute Gasteiger partial charge is 0.200 e. The van der Waals surface area contributed by atoms with Gasteiger partial charge in [0.05, 0.1) is 17.1 Å². The number of nitrogens with zero attached hydrogens (tertiary/aromatic N) is 4. The van der Waals surface area contributed by atoms with E-state index < -0.39 is 17.4 Å². The third kappa shape index (κ3) is 2.96. The highest BCUT2D eigenvalue weighted by Crippen LogP contribution is 2.39. The summed E-state index contributed by atoms with van der Waals surface area (Å²) in [7, 11) is 0. The number of aromatic nitrogens is 4. The van der Waals surface area contributed by atoms with E-state index in [2.05, 4.69) is 15.1 Å². The van der Waals surface area contributed by atoms with Crippen LogP contribution in [0, 0.1) is 11.6 Å². The molecule has 0 bridgehead atoms. The molecule has 2 aromatic carbocycles. The number of halogens is 3. The lowest BCUT2D eigenvalue weighted by molar-refractivity contribution is 0.407. The number of phenols is 1. The number of hydrogen-bond donors (Lipinski definition) is 2. The van der Waals surface area contributed by atoms with E-state index >= 15 is 0 Å². The first kappa shape index (κ1) is 19.1. The monoisotopic (exact) mass is 415 g/mol. The minimum atomic E-state index is -1.28. The second-order valence-electron chi connectivity index (χ2n) is 6.89. The number of phenolic OH excluding ortho intramolecular Hbond substituents is 1. The van der Waals surface area contributed by atoms with E-state index in [0.717, 1.165) is 22.9 Å². The molecule has 0 amide bonds. The molecule has 1 aliphatic rings. The molecule has 148 valence electrons. The molecule has 1 atom stereocenters. The number of nitrogen functional groups attached to an aromatic ring is 1. The van der Waals surface area contributed by atoms with Crippen LogP contribution in [0.5, 0.6) is 5.75 Å². The quantitative estimate of drug-likeness (QED) is 0.486. The zero-order valence-electron chi connectivity index (χ0n) is 15.0. The minimum Gasteiger partial charge on any atom is -0.505 e. The van der Waals surface area contributed by atoms with Gasteiger partial charge in [0.15, 0.2) is 23.0 Å². The van der Waals surface area contributed by atoms with Gasteiger partial charge < -0.3 is 10.8 Å².